The Balaban J connectivity index is 1.37. The van der Waals surface area contributed by atoms with E-state index in [1.165, 1.54) is 5.56 Å². The third kappa shape index (κ3) is 4.17. The largest absolute Gasteiger partial charge is 0.467 e. The Morgan fingerprint density at radius 3 is 2.83 bits per heavy atom. The van der Waals surface area contributed by atoms with Crippen molar-refractivity contribution < 1.29 is 18.7 Å². The number of nitrogens with one attached hydrogen (secondary N) is 1. The summed E-state index contributed by atoms with van der Waals surface area (Å²) in [7, 11) is 0. The molecule has 1 aromatic carbocycles. The van der Waals surface area contributed by atoms with Crippen LogP contribution in [0.3, 0.4) is 0 Å². The molecule has 1 N–H and O–H groups in total. The molecule has 0 saturated carbocycles. The summed E-state index contributed by atoms with van der Waals surface area (Å²) < 4.78 is 12.7. The minimum Gasteiger partial charge on any atom is -0.467 e. The molecular weight excluding hydrogens is 380 g/mol. The van der Waals surface area contributed by atoms with Crippen LogP contribution >= 0.6 is 0 Å². The van der Waals surface area contributed by atoms with Gasteiger partial charge in [-0.15, -0.1) is 0 Å². The van der Waals surface area contributed by atoms with Gasteiger partial charge in [0.2, 0.25) is 0 Å². The van der Waals surface area contributed by atoms with Crippen molar-refractivity contribution in [2.24, 2.45) is 0 Å². The van der Waals surface area contributed by atoms with Gasteiger partial charge in [-0.05, 0) is 62.4 Å². The monoisotopic (exact) mass is 406 g/mol. The molecule has 0 bridgehead atoms. The summed E-state index contributed by atoms with van der Waals surface area (Å²) in [5.74, 6) is 0.0336. The lowest BCUT2D eigenvalue weighted by Gasteiger charge is -2.26. The molecule has 0 spiro atoms. The van der Waals surface area contributed by atoms with Crippen LogP contribution < -0.4 is 5.32 Å². The van der Waals surface area contributed by atoms with Crippen molar-refractivity contribution in [1.29, 1.82) is 0 Å². The van der Waals surface area contributed by atoms with Crippen LogP contribution in [-0.2, 0) is 22.5 Å². The van der Waals surface area contributed by atoms with Crippen molar-refractivity contribution in [3.63, 3.8) is 0 Å². The summed E-state index contributed by atoms with van der Waals surface area (Å²) in [6, 6.07) is 13.7. The Morgan fingerprint density at radius 1 is 1.20 bits per heavy atom. The first-order valence-corrected chi connectivity index (χ1v) is 10.3. The molecule has 2 aromatic heterocycles. The van der Waals surface area contributed by atoms with E-state index in [2.05, 4.69) is 17.4 Å². The summed E-state index contributed by atoms with van der Waals surface area (Å²) >= 11 is 0. The summed E-state index contributed by atoms with van der Waals surface area (Å²) in [6.45, 7) is 4.05. The zero-order valence-electron chi connectivity index (χ0n) is 17.3. The summed E-state index contributed by atoms with van der Waals surface area (Å²) in [4.78, 5) is 25.0. The first-order chi connectivity index (χ1) is 14.5. The number of aromatic nitrogens is 1. The average Bonchev–Trinajstić information content (AvgIpc) is 3.36. The van der Waals surface area contributed by atoms with Gasteiger partial charge in [0, 0.05) is 11.4 Å². The molecule has 1 amide bonds. The molecular formula is C24H26N2O4. The Morgan fingerprint density at radius 2 is 2.03 bits per heavy atom. The Kier molecular flexibility index (Phi) is 5.74. The van der Waals surface area contributed by atoms with Gasteiger partial charge in [0.05, 0.1) is 24.4 Å². The topological polar surface area (TPSA) is 73.5 Å². The van der Waals surface area contributed by atoms with Crippen LogP contribution in [0.5, 0.6) is 0 Å². The van der Waals surface area contributed by atoms with E-state index in [1.807, 2.05) is 42.7 Å². The van der Waals surface area contributed by atoms with Crippen molar-refractivity contribution in [2.45, 2.75) is 45.7 Å². The molecule has 0 saturated heterocycles. The number of esters is 1. The predicted molar refractivity (Wildman–Crippen MR) is 112 cm³/mol. The molecule has 0 aliphatic heterocycles. The van der Waals surface area contributed by atoms with E-state index >= 15 is 0 Å². The van der Waals surface area contributed by atoms with Crippen LogP contribution in [0, 0.1) is 13.8 Å². The van der Waals surface area contributed by atoms with Crippen LogP contribution in [-0.4, -0.2) is 23.1 Å². The van der Waals surface area contributed by atoms with E-state index < -0.39 is 5.97 Å². The number of aryl methyl sites for hydroxylation is 2. The first kappa shape index (κ1) is 20.0. The molecule has 3 aromatic rings. The molecule has 30 heavy (non-hydrogen) atoms. The molecule has 156 valence electrons. The number of benzene rings is 1. The SMILES string of the molecule is Cc1cc(C(=O)OCC(=O)N[C@@H]2CCCc3ccccc32)c(C)n1Cc1ccco1. The number of furan rings is 1. The Bertz CT molecular complexity index is 1050. The maximum Gasteiger partial charge on any atom is 0.340 e. The molecule has 4 rings (SSSR count). The smallest absolute Gasteiger partial charge is 0.340 e. The number of hydrogen-bond donors (Lipinski definition) is 1. The maximum absolute atomic E-state index is 12.6. The highest BCUT2D eigenvalue weighted by Gasteiger charge is 2.23. The number of carbonyl (C=O) groups excluding carboxylic acids is 2. The molecule has 6 heteroatoms. The van der Waals surface area contributed by atoms with Crippen LogP contribution in [0.2, 0.25) is 0 Å². The fourth-order valence-electron chi connectivity index (χ4n) is 4.16. The van der Waals surface area contributed by atoms with E-state index in [0.717, 1.165) is 42.0 Å². The second-order valence-corrected chi connectivity index (χ2v) is 7.74. The minimum atomic E-state index is -0.493. The second-order valence-electron chi connectivity index (χ2n) is 7.74. The molecule has 2 heterocycles. The van der Waals surface area contributed by atoms with Crippen LogP contribution in [0.15, 0.2) is 53.1 Å². The first-order valence-electron chi connectivity index (χ1n) is 10.3. The lowest BCUT2D eigenvalue weighted by atomic mass is 9.88. The number of amides is 1. The van der Waals surface area contributed by atoms with Crippen molar-refractivity contribution in [1.82, 2.24) is 9.88 Å². The van der Waals surface area contributed by atoms with E-state index in [1.54, 1.807) is 12.3 Å². The van der Waals surface area contributed by atoms with Gasteiger partial charge < -0.3 is 19.0 Å². The summed E-state index contributed by atoms with van der Waals surface area (Å²) in [5.41, 5.74) is 4.62. The lowest BCUT2D eigenvalue weighted by Crippen LogP contribution is -2.34. The third-order valence-corrected chi connectivity index (χ3v) is 5.73. The fourth-order valence-corrected chi connectivity index (χ4v) is 4.16. The van der Waals surface area contributed by atoms with E-state index in [-0.39, 0.29) is 18.6 Å². The highest BCUT2D eigenvalue weighted by Crippen LogP contribution is 2.29. The van der Waals surface area contributed by atoms with Crippen LogP contribution in [0.25, 0.3) is 0 Å². The maximum atomic E-state index is 12.6. The van der Waals surface area contributed by atoms with Crippen molar-refractivity contribution in [3.8, 4) is 0 Å². The molecule has 1 aliphatic rings. The summed E-state index contributed by atoms with van der Waals surface area (Å²) in [6.07, 6.45) is 4.58. The number of nitrogens with zero attached hydrogens (tertiary/aromatic N) is 1. The van der Waals surface area contributed by atoms with E-state index in [0.29, 0.717) is 12.1 Å². The van der Waals surface area contributed by atoms with E-state index in [9.17, 15) is 9.59 Å². The van der Waals surface area contributed by atoms with Crippen LogP contribution in [0.4, 0.5) is 0 Å². The normalized spacial score (nSPS) is 15.5. The number of carbonyl (C=O) groups is 2. The quantitative estimate of drug-likeness (QED) is 0.626. The van der Waals surface area contributed by atoms with Crippen molar-refractivity contribution in [3.05, 3.63) is 82.6 Å². The number of hydrogen-bond acceptors (Lipinski definition) is 4. The van der Waals surface area contributed by atoms with Gasteiger partial charge in [0.1, 0.15) is 5.76 Å². The Labute approximate surface area is 175 Å². The van der Waals surface area contributed by atoms with Crippen molar-refractivity contribution >= 4 is 11.9 Å². The van der Waals surface area contributed by atoms with Gasteiger partial charge >= 0.3 is 5.97 Å². The van der Waals surface area contributed by atoms with Gasteiger partial charge in [0.15, 0.2) is 6.61 Å². The zero-order valence-corrected chi connectivity index (χ0v) is 17.3. The number of ether oxygens (including phenoxy) is 1. The molecule has 0 unspecified atom stereocenters. The lowest BCUT2D eigenvalue weighted by molar-refractivity contribution is -0.125. The number of rotatable bonds is 6. The third-order valence-electron chi connectivity index (χ3n) is 5.73. The summed E-state index contributed by atoms with van der Waals surface area (Å²) in [5, 5.41) is 3.01. The molecule has 1 atom stereocenters. The zero-order chi connectivity index (χ0) is 21.1. The number of fused-ring (bicyclic) bond motifs is 1. The van der Waals surface area contributed by atoms with E-state index in [4.69, 9.17) is 9.15 Å². The minimum absolute atomic E-state index is 0.0282. The second kappa shape index (κ2) is 8.61. The van der Waals surface area contributed by atoms with Gasteiger partial charge in [0.25, 0.3) is 5.91 Å². The molecule has 0 radical (unpaired) electrons. The van der Waals surface area contributed by atoms with Gasteiger partial charge in [-0.25, -0.2) is 4.79 Å². The van der Waals surface area contributed by atoms with Crippen molar-refractivity contribution in [2.75, 3.05) is 6.61 Å². The standard InChI is InChI=1S/C24H26N2O4/c1-16-13-21(17(2)26(16)14-19-9-6-12-29-19)24(28)30-15-23(27)25-22-11-5-8-18-7-3-4-10-20(18)22/h3-4,6-7,9-10,12-13,22H,5,8,11,14-15H2,1-2H3,(H,25,27)/t22-/m1/s1. The Hall–Kier alpha value is -3.28. The predicted octanol–water partition coefficient (Wildman–Crippen LogP) is 4.10. The van der Waals surface area contributed by atoms with Crippen LogP contribution in [0.1, 0.15) is 57.5 Å². The highest BCUT2D eigenvalue weighted by atomic mass is 16.5. The van der Waals surface area contributed by atoms with Gasteiger partial charge in [-0.1, -0.05) is 24.3 Å². The average molecular weight is 406 g/mol. The molecule has 1 aliphatic carbocycles. The molecule has 6 nitrogen and oxygen atoms in total. The molecule has 0 fully saturated rings. The van der Waals surface area contributed by atoms with Gasteiger partial charge in [-0.3, -0.25) is 4.79 Å². The van der Waals surface area contributed by atoms with Gasteiger partial charge in [-0.2, -0.15) is 0 Å². The highest BCUT2D eigenvalue weighted by molar-refractivity contribution is 5.92. The fraction of sp³-hybridized carbons (Fsp3) is 0.333.